The fraction of sp³-hybridized carbons (Fsp3) is 0.357. The van der Waals surface area contributed by atoms with Gasteiger partial charge in [0.1, 0.15) is 6.33 Å². The van der Waals surface area contributed by atoms with E-state index in [1.807, 2.05) is 51.1 Å². The largest absolute Gasteiger partial charge is 0.346 e. The van der Waals surface area contributed by atoms with Crippen LogP contribution in [0.5, 0.6) is 0 Å². The Morgan fingerprint density at radius 3 is 2.50 bits per heavy atom. The van der Waals surface area contributed by atoms with Crippen LogP contribution in [0.25, 0.3) is 5.69 Å². The van der Waals surface area contributed by atoms with Crippen LogP contribution in [0.3, 0.4) is 0 Å². The van der Waals surface area contributed by atoms with Crippen molar-refractivity contribution in [2.45, 2.75) is 32.9 Å². The van der Waals surface area contributed by atoms with Crippen molar-refractivity contribution in [3.05, 3.63) is 53.0 Å². The van der Waals surface area contributed by atoms with Gasteiger partial charge in [0.2, 0.25) is 0 Å². The smallest absolute Gasteiger partial charge is 0.274 e. The highest BCUT2D eigenvalue weighted by Gasteiger charge is 2.19. The minimum Gasteiger partial charge on any atom is -0.274 e. The van der Waals surface area contributed by atoms with Crippen LogP contribution in [0.2, 0.25) is 0 Å². The molecule has 0 N–H and O–H groups in total. The van der Waals surface area contributed by atoms with Crippen LogP contribution in [-0.2, 0) is 12.1 Å². The van der Waals surface area contributed by atoms with E-state index in [1.54, 1.807) is 4.68 Å². The summed E-state index contributed by atoms with van der Waals surface area (Å²) in [4.78, 5) is 12.4. The highest BCUT2D eigenvalue weighted by molar-refractivity contribution is 5.30. The molecule has 0 spiro atoms. The van der Waals surface area contributed by atoms with Gasteiger partial charge in [-0.2, -0.15) is 9.78 Å². The fourth-order valence-corrected chi connectivity index (χ4v) is 2.13. The number of nitrogens with zero attached hydrogens (tertiary/aromatic N) is 7. The highest BCUT2D eigenvalue weighted by atomic mass is 16.2. The van der Waals surface area contributed by atoms with Gasteiger partial charge in [-0.25, -0.2) is 9.48 Å². The molecule has 0 fully saturated rings. The maximum Gasteiger partial charge on any atom is 0.346 e. The Bertz CT molecular complexity index is 823. The van der Waals surface area contributed by atoms with E-state index >= 15 is 0 Å². The average Bonchev–Trinajstić information content (AvgIpc) is 3.07. The van der Waals surface area contributed by atoms with Crippen molar-refractivity contribution in [1.82, 2.24) is 34.6 Å². The van der Waals surface area contributed by atoms with E-state index in [-0.39, 0.29) is 17.8 Å². The molecule has 0 unspecified atom stereocenters. The first-order valence-electron chi connectivity index (χ1n) is 6.94. The lowest BCUT2D eigenvalue weighted by Crippen LogP contribution is -2.36. The van der Waals surface area contributed by atoms with Crippen molar-refractivity contribution in [3.63, 3.8) is 0 Å². The summed E-state index contributed by atoms with van der Waals surface area (Å²) in [5, 5.41) is 15.8. The predicted octanol–water partition coefficient (Wildman–Crippen LogP) is 0.824. The second-order valence-corrected chi connectivity index (χ2v) is 5.97. The molecule has 0 radical (unpaired) electrons. The van der Waals surface area contributed by atoms with Crippen molar-refractivity contribution in [2.24, 2.45) is 0 Å². The van der Waals surface area contributed by atoms with Gasteiger partial charge in [0.25, 0.3) is 0 Å². The van der Waals surface area contributed by atoms with Crippen molar-refractivity contribution in [3.8, 4) is 5.69 Å². The molecule has 8 nitrogen and oxygen atoms in total. The van der Waals surface area contributed by atoms with E-state index < -0.39 is 0 Å². The van der Waals surface area contributed by atoms with Gasteiger partial charge in [0, 0.05) is 0 Å². The molecule has 0 aliphatic carbocycles. The molecule has 2 aromatic heterocycles. The van der Waals surface area contributed by atoms with Gasteiger partial charge < -0.3 is 0 Å². The molecule has 3 rings (SSSR count). The molecule has 0 aliphatic heterocycles. The molecule has 0 aliphatic rings. The minimum absolute atomic E-state index is 0.185. The Kier molecular flexibility index (Phi) is 3.36. The number of tetrazole rings is 1. The molecule has 0 saturated heterocycles. The second kappa shape index (κ2) is 5.21. The molecule has 0 atom stereocenters. The number of hydrogen-bond acceptors (Lipinski definition) is 5. The summed E-state index contributed by atoms with van der Waals surface area (Å²) in [7, 11) is 0. The quantitative estimate of drug-likeness (QED) is 0.715. The Hall–Kier alpha value is -2.77. The van der Waals surface area contributed by atoms with Crippen molar-refractivity contribution in [1.29, 1.82) is 0 Å². The van der Waals surface area contributed by atoms with E-state index in [2.05, 4.69) is 20.6 Å². The number of para-hydroxylation sites is 1. The Morgan fingerprint density at radius 2 is 1.86 bits per heavy atom. The molecule has 0 saturated carbocycles. The molecule has 8 heteroatoms. The molecular formula is C14H17N7O. The Labute approximate surface area is 127 Å². The van der Waals surface area contributed by atoms with E-state index in [9.17, 15) is 4.79 Å². The summed E-state index contributed by atoms with van der Waals surface area (Å²) in [5.74, 6) is 0.571. The molecule has 3 aromatic rings. The summed E-state index contributed by atoms with van der Waals surface area (Å²) in [5.41, 5.74) is 0.294. The Balaban J connectivity index is 1.95. The zero-order chi connectivity index (χ0) is 15.7. The maximum atomic E-state index is 12.4. The standard InChI is InChI=1S/C14H17N7O/c1-14(2,3)21-13(22)19(10-15-21)9-12-16-17-18-20(12)11-7-5-4-6-8-11/h4-8,10H,9H2,1-3H3. The molecule has 22 heavy (non-hydrogen) atoms. The van der Waals surface area contributed by atoms with Crippen molar-refractivity contribution < 1.29 is 0 Å². The third-order valence-electron chi connectivity index (χ3n) is 3.22. The summed E-state index contributed by atoms with van der Waals surface area (Å²) < 4.78 is 4.56. The zero-order valence-corrected chi connectivity index (χ0v) is 12.7. The first-order chi connectivity index (χ1) is 10.5. The second-order valence-electron chi connectivity index (χ2n) is 5.97. The highest BCUT2D eigenvalue weighted by Crippen LogP contribution is 2.10. The van der Waals surface area contributed by atoms with Crippen LogP contribution < -0.4 is 5.69 Å². The van der Waals surface area contributed by atoms with E-state index in [1.165, 1.54) is 15.6 Å². The van der Waals surface area contributed by atoms with Crippen molar-refractivity contribution in [2.75, 3.05) is 0 Å². The fourth-order valence-electron chi connectivity index (χ4n) is 2.13. The normalized spacial score (nSPS) is 11.8. The zero-order valence-electron chi connectivity index (χ0n) is 12.7. The molecule has 0 bridgehead atoms. The lowest BCUT2D eigenvalue weighted by atomic mass is 10.1. The number of benzene rings is 1. The molecule has 114 valence electrons. The van der Waals surface area contributed by atoms with Gasteiger partial charge in [-0.3, -0.25) is 4.57 Å². The lowest BCUT2D eigenvalue weighted by molar-refractivity contribution is 0.340. The minimum atomic E-state index is -0.367. The molecule has 0 amide bonds. The Morgan fingerprint density at radius 1 is 1.14 bits per heavy atom. The third-order valence-corrected chi connectivity index (χ3v) is 3.22. The summed E-state index contributed by atoms with van der Waals surface area (Å²) in [6.07, 6.45) is 1.51. The SMILES string of the molecule is CC(C)(C)n1ncn(Cc2nnnn2-c2ccccc2)c1=O. The third kappa shape index (κ3) is 2.54. The predicted molar refractivity (Wildman–Crippen MR) is 79.7 cm³/mol. The van der Waals surface area contributed by atoms with Crippen LogP contribution in [0.1, 0.15) is 26.6 Å². The van der Waals surface area contributed by atoms with E-state index in [4.69, 9.17) is 0 Å². The van der Waals surface area contributed by atoms with Crippen LogP contribution >= 0.6 is 0 Å². The van der Waals surface area contributed by atoms with Gasteiger partial charge in [0.15, 0.2) is 5.82 Å². The first-order valence-corrected chi connectivity index (χ1v) is 6.94. The van der Waals surface area contributed by atoms with Gasteiger partial charge in [0.05, 0.1) is 17.8 Å². The first kappa shape index (κ1) is 14.2. The molecule has 2 heterocycles. The monoisotopic (exact) mass is 299 g/mol. The number of hydrogen-bond donors (Lipinski definition) is 0. The van der Waals surface area contributed by atoms with E-state index in [0.717, 1.165) is 5.69 Å². The number of rotatable bonds is 3. The van der Waals surface area contributed by atoms with Gasteiger partial charge in [-0.05, 0) is 43.3 Å². The molecule has 1 aromatic carbocycles. The van der Waals surface area contributed by atoms with Crippen LogP contribution in [0.15, 0.2) is 41.5 Å². The maximum absolute atomic E-state index is 12.4. The van der Waals surface area contributed by atoms with Crippen LogP contribution in [-0.4, -0.2) is 34.6 Å². The average molecular weight is 299 g/mol. The lowest BCUT2D eigenvalue weighted by Gasteiger charge is -2.16. The van der Waals surface area contributed by atoms with Gasteiger partial charge >= 0.3 is 5.69 Å². The van der Waals surface area contributed by atoms with Gasteiger partial charge in [-0.1, -0.05) is 18.2 Å². The number of aromatic nitrogens is 7. The summed E-state index contributed by atoms with van der Waals surface area (Å²) in [6, 6.07) is 9.54. The van der Waals surface area contributed by atoms with Crippen LogP contribution in [0, 0.1) is 0 Å². The van der Waals surface area contributed by atoms with Crippen molar-refractivity contribution >= 4 is 0 Å². The van der Waals surface area contributed by atoms with E-state index in [0.29, 0.717) is 5.82 Å². The van der Waals surface area contributed by atoms with Gasteiger partial charge in [-0.15, -0.1) is 5.10 Å². The summed E-state index contributed by atoms with van der Waals surface area (Å²) in [6.45, 7) is 6.05. The summed E-state index contributed by atoms with van der Waals surface area (Å²) >= 11 is 0. The molecular weight excluding hydrogens is 282 g/mol. The topological polar surface area (TPSA) is 83.4 Å². The van der Waals surface area contributed by atoms with Crippen LogP contribution in [0.4, 0.5) is 0 Å².